The van der Waals surface area contributed by atoms with Gasteiger partial charge in [0.25, 0.3) is 10.0 Å². The number of nitrogens with zero attached hydrogens (tertiary/aromatic N) is 4. The lowest BCUT2D eigenvalue weighted by molar-refractivity contribution is -0.219. The Morgan fingerprint density at radius 2 is 2.00 bits per heavy atom. The summed E-state index contributed by atoms with van der Waals surface area (Å²) in [5.74, 6) is -1.63. The quantitative estimate of drug-likeness (QED) is 0.312. The fourth-order valence-corrected chi connectivity index (χ4v) is 5.03. The number of carbonyl (C=O) groups excluding carboxylic acids is 1. The molecular formula is C24H22F3N5O6S2. The molecule has 4 rings (SSSR count). The number of rotatable bonds is 9. The van der Waals surface area contributed by atoms with Crippen LogP contribution in [0.4, 0.5) is 30.5 Å². The fourth-order valence-electron chi connectivity index (χ4n) is 3.52. The van der Waals surface area contributed by atoms with E-state index >= 15 is 0 Å². The van der Waals surface area contributed by atoms with Crippen LogP contribution in [0.1, 0.15) is 12.8 Å². The van der Waals surface area contributed by atoms with E-state index in [1.807, 2.05) is 18.2 Å². The lowest BCUT2D eigenvalue weighted by atomic mass is 10.1. The number of ether oxygens (including phenoxy) is 2. The van der Waals surface area contributed by atoms with Crippen LogP contribution >= 0.6 is 11.8 Å². The maximum absolute atomic E-state index is 12.9. The van der Waals surface area contributed by atoms with Gasteiger partial charge in [-0.05, 0) is 47.8 Å². The van der Waals surface area contributed by atoms with Crippen LogP contribution in [-0.4, -0.2) is 48.3 Å². The van der Waals surface area contributed by atoms with Gasteiger partial charge in [-0.2, -0.15) is 13.2 Å². The molecule has 0 spiro atoms. The molecule has 0 atom stereocenters. The normalized spacial score (nSPS) is 15.1. The van der Waals surface area contributed by atoms with E-state index in [9.17, 15) is 26.4 Å². The Hall–Kier alpha value is -4.02. The predicted octanol–water partition coefficient (Wildman–Crippen LogP) is 4.94. The number of hydrogen-bond donors (Lipinski definition) is 1. The lowest BCUT2D eigenvalue weighted by Gasteiger charge is -2.29. The first-order chi connectivity index (χ1) is 19.0. The minimum absolute atomic E-state index is 0.137. The molecule has 212 valence electrons. The van der Waals surface area contributed by atoms with Crippen molar-refractivity contribution in [3.8, 4) is 0 Å². The molecule has 2 aromatic rings. The summed E-state index contributed by atoms with van der Waals surface area (Å²) in [5, 5.41) is 3.03. The molecule has 1 aromatic heterocycles. The molecule has 0 saturated heterocycles. The molecule has 11 nitrogen and oxygen atoms in total. The standard InChI is InChI=1S/C24H22F3N5O6S2/c1-31(38-23(33)24(25,26)27)40(34,35)17-8-9-19(39-2)18(12-17)30-20-13-21(29-15-28-20)32(16-6-4-3-5-7-16)22-14-36-10-11-37-22/h3-4,6,8-15H,5,7H2,1-2H3,(H,28,29,30). The van der Waals surface area contributed by atoms with E-state index in [0.29, 0.717) is 30.1 Å². The number of benzene rings is 1. The van der Waals surface area contributed by atoms with Crippen LogP contribution in [0.25, 0.3) is 0 Å². The number of aromatic nitrogens is 2. The largest absolute Gasteiger partial charge is 0.492 e. The zero-order chi connectivity index (χ0) is 28.9. The van der Waals surface area contributed by atoms with Gasteiger partial charge in [-0.25, -0.2) is 23.2 Å². The van der Waals surface area contributed by atoms with E-state index in [4.69, 9.17) is 9.47 Å². The molecule has 1 aliphatic carbocycles. The molecule has 0 unspecified atom stereocenters. The Bertz CT molecular complexity index is 1510. The van der Waals surface area contributed by atoms with Crippen molar-refractivity contribution >= 4 is 45.1 Å². The van der Waals surface area contributed by atoms with Gasteiger partial charge >= 0.3 is 12.1 Å². The molecule has 1 aromatic carbocycles. The molecular weight excluding hydrogens is 575 g/mol. The van der Waals surface area contributed by atoms with E-state index in [1.165, 1.54) is 55.1 Å². The average molecular weight is 598 g/mol. The predicted molar refractivity (Wildman–Crippen MR) is 139 cm³/mol. The summed E-state index contributed by atoms with van der Waals surface area (Å²) < 4.78 is 74.2. The van der Waals surface area contributed by atoms with E-state index < -0.39 is 27.1 Å². The Balaban J connectivity index is 1.65. The monoisotopic (exact) mass is 597 g/mol. The molecule has 16 heteroatoms. The van der Waals surface area contributed by atoms with E-state index in [-0.39, 0.29) is 16.0 Å². The lowest BCUT2D eigenvalue weighted by Crippen LogP contribution is -2.36. The van der Waals surface area contributed by atoms with Crippen LogP contribution in [0, 0.1) is 0 Å². The van der Waals surface area contributed by atoms with Gasteiger partial charge in [0.15, 0.2) is 6.26 Å². The molecule has 40 heavy (non-hydrogen) atoms. The van der Waals surface area contributed by atoms with Crippen LogP contribution < -0.4 is 10.2 Å². The van der Waals surface area contributed by atoms with Gasteiger partial charge in [-0.1, -0.05) is 12.2 Å². The molecule has 2 heterocycles. The first kappa shape index (κ1) is 29.0. The number of anilines is 3. The zero-order valence-electron chi connectivity index (χ0n) is 21.0. The third kappa shape index (κ3) is 6.57. The van der Waals surface area contributed by atoms with E-state index in [1.54, 1.807) is 17.2 Å². The van der Waals surface area contributed by atoms with Crippen LogP contribution in [0.3, 0.4) is 0 Å². The second-order valence-corrected chi connectivity index (χ2v) is 10.8. The highest BCUT2D eigenvalue weighted by atomic mass is 32.2. The minimum atomic E-state index is -5.37. The highest BCUT2D eigenvalue weighted by Gasteiger charge is 2.43. The maximum Gasteiger partial charge on any atom is 0.492 e. The highest BCUT2D eigenvalue weighted by molar-refractivity contribution is 7.98. The topological polar surface area (TPSA) is 123 Å². The summed E-state index contributed by atoms with van der Waals surface area (Å²) in [6.07, 6.45) is 9.17. The maximum atomic E-state index is 12.9. The number of halogens is 3. The third-order valence-electron chi connectivity index (χ3n) is 5.39. The SMILES string of the molecule is CSc1ccc(S(=O)(=O)N(C)OC(=O)C(F)(F)F)cc1Nc1cc(N(C2=CC=CCC2)C2=COC=CO2)ncn1. The van der Waals surface area contributed by atoms with Gasteiger partial charge in [0, 0.05) is 23.7 Å². The number of carbonyl (C=O) groups is 1. The molecule has 1 aliphatic heterocycles. The molecule has 0 saturated carbocycles. The first-order valence-corrected chi connectivity index (χ1v) is 14.1. The molecule has 2 aliphatic rings. The summed E-state index contributed by atoms with van der Waals surface area (Å²) in [5.41, 5.74) is 1.14. The molecule has 0 bridgehead atoms. The number of nitrogens with one attached hydrogen (secondary N) is 1. The van der Waals surface area contributed by atoms with Gasteiger partial charge in [-0.15, -0.1) is 11.8 Å². The second-order valence-electron chi connectivity index (χ2n) is 7.98. The van der Waals surface area contributed by atoms with Crippen molar-refractivity contribution in [2.24, 2.45) is 0 Å². The van der Waals surface area contributed by atoms with Gasteiger partial charge < -0.3 is 19.6 Å². The second kappa shape index (κ2) is 12.0. The number of hydroxylamine groups is 1. The molecule has 0 radical (unpaired) electrons. The number of sulfonamides is 1. The average Bonchev–Trinajstić information content (AvgIpc) is 2.94. The Kier molecular flexibility index (Phi) is 8.70. The zero-order valence-corrected chi connectivity index (χ0v) is 22.6. The fraction of sp³-hybridized carbons (Fsp3) is 0.208. The van der Waals surface area contributed by atoms with Crippen LogP contribution in [0.2, 0.25) is 0 Å². The van der Waals surface area contributed by atoms with Crippen LogP contribution in [0.15, 0.2) is 89.0 Å². The Morgan fingerprint density at radius 3 is 2.65 bits per heavy atom. The van der Waals surface area contributed by atoms with Crippen molar-refractivity contribution in [1.82, 2.24) is 14.4 Å². The van der Waals surface area contributed by atoms with Crippen molar-refractivity contribution in [2.45, 2.75) is 28.8 Å². The summed E-state index contributed by atoms with van der Waals surface area (Å²) in [6.45, 7) is 0. The van der Waals surface area contributed by atoms with Gasteiger partial charge in [0.05, 0.1) is 10.6 Å². The van der Waals surface area contributed by atoms with Crippen LogP contribution in [0.5, 0.6) is 0 Å². The Labute approximate surface area is 231 Å². The van der Waals surface area contributed by atoms with Crippen molar-refractivity contribution < 1.29 is 40.7 Å². The number of allylic oxidation sites excluding steroid dienone is 4. The summed E-state index contributed by atoms with van der Waals surface area (Å²) >= 11 is 1.28. The van der Waals surface area contributed by atoms with Crippen molar-refractivity contribution in [3.63, 3.8) is 0 Å². The summed E-state index contributed by atoms with van der Waals surface area (Å²) in [4.78, 5) is 25.6. The molecule has 1 N–H and O–H groups in total. The third-order valence-corrected chi connectivity index (χ3v) is 7.78. The smallest absolute Gasteiger partial charge is 0.464 e. The molecule has 0 fully saturated rings. The van der Waals surface area contributed by atoms with Gasteiger partial charge in [0.2, 0.25) is 5.88 Å². The van der Waals surface area contributed by atoms with Crippen molar-refractivity contribution in [3.05, 3.63) is 79.2 Å². The number of thioether (sulfide) groups is 1. The van der Waals surface area contributed by atoms with Crippen molar-refractivity contribution in [1.29, 1.82) is 0 Å². The van der Waals surface area contributed by atoms with Crippen LogP contribution in [-0.2, 0) is 29.1 Å². The summed E-state index contributed by atoms with van der Waals surface area (Å²) in [7, 11) is -3.95. The van der Waals surface area contributed by atoms with Gasteiger partial charge in [-0.3, -0.25) is 4.90 Å². The Morgan fingerprint density at radius 1 is 1.20 bits per heavy atom. The molecule has 0 amide bonds. The minimum Gasteiger partial charge on any atom is -0.464 e. The highest BCUT2D eigenvalue weighted by Crippen LogP contribution is 2.34. The van der Waals surface area contributed by atoms with E-state index in [0.717, 1.165) is 12.1 Å². The first-order valence-electron chi connectivity index (χ1n) is 11.4. The number of hydrogen-bond acceptors (Lipinski definition) is 11. The van der Waals surface area contributed by atoms with E-state index in [2.05, 4.69) is 20.1 Å². The van der Waals surface area contributed by atoms with Crippen molar-refractivity contribution in [2.75, 3.05) is 23.5 Å². The van der Waals surface area contributed by atoms with Gasteiger partial charge in [0.1, 0.15) is 30.5 Å². The number of alkyl halides is 3. The summed E-state index contributed by atoms with van der Waals surface area (Å²) in [6, 6.07) is 5.43.